The van der Waals surface area contributed by atoms with Gasteiger partial charge in [-0.1, -0.05) is 29.4 Å². The number of hydrogen-bond acceptors (Lipinski definition) is 3. The number of hydrogen-bond donors (Lipinski definition) is 1. The second-order valence-electron chi connectivity index (χ2n) is 5.47. The number of nitrogens with zero attached hydrogens (tertiary/aromatic N) is 2. The number of anilines is 1. The number of aromatic nitrogens is 1. The van der Waals surface area contributed by atoms with E-state index in [0.717, 1.165) is 19.3 Å². The molecule has 1 unspecified atom stereocenters. The van der Waals surface area contributed by atoms with E-state index in [1.807, 2.05) is 13.1 Å². The van der Waals surface area contributed by atoms with Crippen LogP contribution in [0, 0.1) is 6.92 Å². The Morgan fingerprint density at radius 2 is 2.24 bits per heavy atom. The molecule has 5 heteroatoms. The molecule has 5 nitrogen and oxygen atoms in total. The lowest BCUT2D eigenvalue weighted by Gasteiger charge is -2.33. The highest BCUT2D eigenvalue weighted by Gasteiger charge is 2.26. The van der Waals surface area contributed by atoms with Gasteiger partial charge >= 0.3 is 6.03 Å². The number of benzene rings is 1. The average molecular weight is 285 g/mol. The normalized spacial score (nSPS) is 17.1. The number of carbonyl (C=O) groups excluding carboxylic acids is 1. The smallest absolute Gasteiger partial charge is 0.323 e. The number of rotatable bonds is 2. The van der Waals surface area contributed by atoms with Crippen LogP contribution >= 0.6 is 0 Å². The predicted molar refractivity (Wildman–Crippen MR) is 80.1 cm³/mol. The van der Waals surface area contributed by atoms with Crippen LogP contribution in [-0.4, -0.2) is 23.1 Å². The molecular weight excluding hydrogens is 266 g/mol. The zero-order valence-electron chi connectivity index (χ0n) is 12.3. The van der Waals surface area contributed by atoms with Gasteiger partial charge < -0.3 is 9.42 Å². The third-order valence-corrected chi connectivity index (χ3v) is 3.99. The molecule has 3 rings (SSSR count). The molecule has 2 aromatic rings. The van der Waals surface area contributed by atoms with E-state index in [1.54, 1.807) is 17.9 Å². The van der Waals surface area contributed by atoms with Crippen LogP contribution in [0.1, 0.15) is 35.8 Å². The summed E-state index contributed by atoms with van der Waals surface area (Å²) in [5, 5.41) is 6.57. The van der Waals surface area contributed by atoms with Crippen molar-refractivity contribution >= 4 is 11.8 Å². The van der Waals surface area contributed by atoms with Crippen molar-refractivity contribution < 1.29 is 9.32 Å². The Kier molecular flexibility index (Phi) is 3.64. The number of amides is 2. The molecule has 1 aliphatic carbocycles. The van der Waals surface area contributed by atoms with Crippen LogP contribution < -0.4 is 5.32 Å². The monoisotopic (exact) mass is 285 g/mol. The van der Waals surface area contributed by atoms with E-state index in [9.17, 15) is 4.79 Å². The number of urea groups is 1. The van der Waals surface area contributed by atoms with Crippen LogP contribution in [0.25, 0.3) is 0 Å². The lowest BCUT2D eigenvalue weighted by Crippen LogP contribution is -2.36. The molecule has 2 amide bonds. The molecule has 0 saturated heterocycles. The minimum absolute atomic E-state index is 0.114. The SMILES string of the molecule is Cc1cc(NC(=O)N(C)C2CCCc3ccccc32)no1. The summed E-state index contributed by atoms with van der Waals surface area (Å²) in [6.07, 6.45) is 3.17. The van der Waals surface area contributed by atoms with E-state index in [2.05, 4.69) is 28.7 Å². The van der Waals surface area contributed by atoms with Crippen LogP contribution in [0.15, 0.2) is 34.9 Å². The van der Waals surface area contributed by atoms with Crippen molar-refractivity contribution in [2.75, 3.05) is 12.4 Å². The van der Waals surface area contributed by atoms with Gasteiger partial charge in [0.2, 0.25) is 0 Å². The zero-order valence-corrected chi connectivity index (χ0v) is 12.3. The van der Waals surface area contributed by atoms with Crippen molar-refractivity contribution in [1.29, 1.82) is 0 Å². The third-order valence-electron chi connectivity index (χ3n) is 3.99. The average Bonchev–Trinajstić information content (AvgIpc) is 2.91. The number of fused-ring (bicyclic) bond motifs is 1. The summed E-state index contributed by atoms with van der Waals surface area (Å²) in [6.45, 7) is 1.80. The third kappa shape index (κ3) is 2.77. The Balaban J connectivity index is 1.76. The number of aryl methyl sites for hydroxylation is 2. The predicted octanol–water partition coefficient (Wildman–Crippen LogP) is 3.52. The number of nitrogens with one attached hydrogen (secondary N) is 1. The summed E-state index contributed by atoms with van der Waals surface area (Å²) < 4.78 is 4.96. The maximum Gasteiger partial charge on any atom is 0.323 e. The van der Waals surface area contributed by atoms with Gasteiger partial charge in [-0.05, 0) is 37.3 Å². The Labute approximate surface area is 123 Å². The van der Waals surface area contributed by atoms with Crippen molar-refractivity contribution in [3.63, 3.8) is 0 Å². The first-order chi connectivity index (χ1) is 10.1. The Morgan fingerprint density at radius 3 is 3.00 bits per heavy atom. The Hall–Kier alpha value is -2.30. The fraction of sp³-hybridized carbons (Fsp3) is 0.375. The summed E-state index contributed by atoms with van der Waals surface area (Å²) in [5.41, 5.74) is 2.59. The second-order valence-corrected chi connectivity index (χ2v) is 5.47. The van der Waals surface area contributed by atoms with Gasteiger partial charge in [-0.2, -0.15) is 0 Å². The molecule has 1 aromatic heterocycles. The highest BCUT2D eigenvalue weighted by molar-refractivity contribution is 5.88. The molecule has 1 heterocycles. The van der Waals surface area contributed by atoms with Crippen molar-refractivity contribution in [3.8, 4) is 0 Å². The first-order valence-corrected chi connectivity index (χ1v) is 7.20. The molecule has 0 bridgehead atoms. The topological polar surface area (TPSA) is 58.4 Å². The summed E-state index contributed by atoms with van der Waals surface area (Å²) >= 11 is 0. The van der Waals surface area contributed by atoms with Crippen molar-refractivity contribution in [3.05, 3.63) is 47.2 Å². The highest BCUT2D eigenvalue weighted by Crippen LogP contribution is 2.33. The summed E-state index contributed by atoms with van der Waals surface area (Å²) in [4.78, 5) is 14.1. The molecule has 1 aromatic carbocycles. The van der Waals surface area contributed by atoms with Gasteiger partial charge in [-0.15, -0.1) is 0 Å². The van der Waals surface area contributed by atoms with E-state index >= 15 is 0 Å². The molecule has 1 aliphatic rings. The quantitative estimate of drug-likeness (QED) is 0.918. The van der Waals surface area contributed by atoms with Crippen LogP contribution in [0.2, 0.25) is 0 Å². The van der Waals surface area contributed by atoms with E-state index in [1.165, 1.54) is 11.1 Å². The maximum absolute atomic E-state index is 12.4. The molecule has 1 N–H and O–H groups in total. The number of carbonyl (C=O) groups is 1. The fourth-order valence-corrected chi connectivity index (χ4v) is 2.90. The maximum atomic E-state index is 12.4. The first kappa shape index (κ1) is 13.7. The fourth-order valence-electron chi connectivity index (χ4n) is 2.90. The van der Waals surface area contributed by atoms with Gasteiger partial charge in [0.25, 0.3) is 0 Å². The molecule has 110 valence electrons. The molecule has 0 radical (unpaired) electrons. The first-order valence-electron chi connectivity index (χ1n) is 7.20. The van der Waals surface area contributed by atoms with Crippen LogP contribution in [0.3, 0.4) is 0 Å². The van der Waals surface area contributed by atoms with E-state index < -0.39 is 0 Å². The molecule has 0 fully saturated rings. The molecule has 1 atom stereocenters. The molecule has 0 saturated carbocycles. The summed E-state index contributed by atoms with van der Waals surface area (Å²) in [6, 6.07) is 10.0. The van der Waals surface area contributed by atoms with Crippen LogP contribution in [0.4, 0.5) is 10.6 Å². The zero-order chi connectivity index (χ0) is 14.8. The molecule has 0 aliphatic heterocycles. The van der Waals surface area contributed by atoms with Crippen LogP contribution in [-0.2, 0) is 6.42 Å². The minimum Gasteiger partial charge on any atom is -0.360 e. The minimum atomic E-state index is -0.162. The Morgan fingerprint density at radius 1 is 1.43 bits per heavy atom. The van der Waals surface area contributed by atoms with Crippen molar-refractivity contribution in [2.45, 2.75) is 32.2 Å². The van der Waals surface area contributed by atoms with Crippen molar-refractivity contribution in [2.24, 2.45) is 0 Å². The lowest BCUT2D eigenvalue weighted by atomic mass is 9.87. The Bertz CT molecular complexity index is 650. The van der Waals surface area contributed by atoms with Gasteiger partial charge in [-0.25, -0.2) is 4.79 Å². The lowest BCUT2D eigenvalue weighted by molar-refractivity contribution is 0.197. The highest BCUT2D eigenvalue weighted by atomic mass is 16.5. The van der Waals surface area contributed by atoms with Crippen molar-refractivity contribution in [1.82, 2.24) is 10.1 Å². The van der Waals surface area contributed by atoms with Gasteiger partial charge in [0, 0.05) is 13.1 Å². The van der Waals surface area contributed by atoms with E-state index in [0.29, 0.717) is 11.6 Å². The van der Waals surface area contributed by atoms with E-state index in [-0.39, 0.29) is 12.1 Å². The summed E-state index contributed by atoms with van der Waals surface area (Å²) in [7, 11) is 1.83. The molecule has 21 heavy (non-hydrogen) atoms. The van der Waals surface area contributed by atoms with E-state index in [4.69, 9.17) is 4.52 Å². The standard InChI is InChI=1S/C16H19N3O2/c1-11-10-15(18-21-11)17-16(20)19(2)14-9-5-7-12-6-3-4-8-13(12)14/h3-4,6,8,10,14H,5,7,9H2,1-2H3,(H,17,18,20). The summed E-state index contributed by atoms with van der Waals surface area (Å²) in [5.74, 6) is 1.13. The molecular formula is C16H19N3O2. The van der Waals surface area contributed by atoms with Gasteiger partial charge in [0.1, 0.15) is 5.76 Å². The molecule has 0 spiro atoms. The van der Waals surface area contributed by atoms with Gasteiger partial charge in [0.15, 0.2) is 5.82 Å². The second kappa shape index (κ2) is 5.60. The van der Waals surface area contributed by atoms with Gasteiger partial charge in [-0.3, -0.25) is 5.32 Å². The largest absolute Gasteiger partial charge is 0.360 e. The van der Waals surface area contributed by atoms with Gasteiger partial charge in [0.05, 0.1) is 6.04 Å². The van der Waals surface area contributed by atoms with Crippen LogP contribution in [0.5, 0.6) is 0 Å².